The molecule has 1 aliphatic heterocycles. The summed E-state index contributed by atoms with van der Waals surface area (Å²) in [5, 5.41) is 11.6. The standard InChI is InChI=1S/C21H25F2N5O4S/c22-15-2-1-3-16(23)18(15)20(29)26-17-12-24-27-19(17)21(30)25-13-4-6-14(7-5-13)28-8-10-33(31,32)11-9-28/h1-3,12-14H,4-11H2,(H,24,27)(H,25,30)(H,26,29)/t13-,14-. The maximum absolute atomic E-state index is 13.9. The minimum absolute atomic E-state index is 0.0170. The summed E-state index contributed by atoms with van der Waals surface area (Å²) in [6.07, 6.45) is 4.40. The number of sulfone groups is 1. The van der Waals surface area contributed by atoms with Crippen LogP contribution in [0.15, 0.2) is 24.4 Å². The highest BCUT2D eigenvalue weighted by Gasteiger charge is 2.31. The molecule has 0 atom stereocenters. The summed E-state index contributed by atoms with van der Waals surface area (Å²) < 4.78 is 51.0. The lowest BCUT2D eigenvalue weighted by atomic mass is 9.90. The SMILES string of the molecule is O=C(N[C@H]1CC[C@H](N2CCS(=O)(=O)CC2)CC1)c1n[nH]cc1NC(=O)c1c(F)cccc1F. The van der Waals surface area contributed by atoms with Crippen LogP contribution in [-0.2, 0) is 9.84 Å². The third-order valence-corrected chi connectivity index (χ3v) is 7.83. The molecule has 2 amide bonds. The molecule has 1 saturated carbocycles. The molecule has 1 aromatic heterocycles. The predicted molar refractivity (Wildman–Crippen MR) is 117 cm³/mol. The lowest BCUT2D eigenvalue weighted by molar-refractivity contribution is 0.0901. The zero-order valence-corrected chi connectivity index (χ0v) is 18.6. The Morgan fingerprint density at radius 1 is 1.03 bits per heavy atom. The zero-order chi connectivity index (χ0) is 23.6. The van der Waals surface area contributed by atoms with Gasteiger partial charge in [0, 0.05) is 31.4 Å². The normalized spacial score (nSPS) is 23.1. The van der Waals surface area contributed by atoms with Crippen LogP contribution in [0.4, 0.5) is 14.5 Å². The number of halogens is 2. The summed E-state index contributed by atoms with van der Waals surface area (Å²) in [5.41, 5.74) is -0.805. The molecule has 0 radical (unpaired) electrons. The van der Waals surface area contributed by atoms with E-state index in [-0.39, 0.29) is 28.9 Å². The van der Waals surface area contributed by atoms with Crippen LogP contribution in [0.5, 0.6) is 0 Å². The molecule has 3 N–H and O–H groups in total. The van der Waals surface area contributed by atoms with Crippen LogP contribution >= 0.6 is 0 Å². The van der Waals surface area contributed by atoms with Gasteiger partial charge in [-0.25, -0.2) is 17.2 Å². The van der Waals surface area contributed by atoms with Crippen LogP contribution in [0.1, 0.15) is 46.5 Å². The molecule has 2 heterocycles. The molecule has 12 heteroatoms. The van der Waals surface area contributed by atoms with Crippen molar-refractivity contribution < 1.29 is 26.8 Å². The van der Waals surface area contributed by atoms with E-state index in [1.165, 1.54) is 6.20 Å². The van der Waals surface area contributed by atoms with Crippen molar-refractivity contribution in [3.63, 3.8) is 0 Å². The van der Waals surface area contributed by atoms with Crippen molar-refractivity contribution in [2.75, 3.05) is 29.9 Å². The molecule has 4 rings (SSSR count). The van der Waals surface area contributed by atoms with Gasteiger partial charge in [-0.3, -0.25) is 19.6 Å². The molecule has 0 bridgehead atoms. The number of hydrogen-bond acceptors (Lipinski definition) is 6. The zero-order valence-electron chi connectivity index (χ0n) is 17.8. The minimum Gasteiger partial charge on any atom is -0.348 e. The quantitative estimate of drug-likeness (QED) is 0.597. The Hall–Kier alpha value is -2.86. The van der Waals surface area contributed by atoms with E-state index in [4.69, 9.17) is 0 Å². The molecule has 2 fully saturated rings. The van der Waals surface area contributed by atoms with Crippen LogP contribution in [-0.4, -0.2) is 72.0 Å². The molecule has 9 nitrogen and oxygen atoms in total. The number of rotatable bonds is 5. The highest BCUT2D eigenvalue weighted by atomic mass is 32.2. The van der Waals surface area contributed by atoms with Crippen LogP contribution in [0.2, 0.25) is 0 Å². The number of nitrogens with zero attached hydrogens (tertiary/aromatic N) is 2. The van der Waals surface area contributed by atoms with E-state index in [0.29, 0.717) is 19.1 Å². The van der Waals surface area contributed by atoms with E-state index in [0.717, 1.165) is 43.9 Å². The maximum atomic E-state index is 13.9. The Balaban J connectivity index is 1.32. The van der Waals surface area contributed by atoms with Gasteiger partial charge in [-0.2, -0.15) is 5.10 Å². The van der Waals surface area contributed by atoms with Crippen molar-refractivity contribution in [3.8, 4) is 0 Å². The van der Waals surface area contributed by atoms with Crippen molar-refractivity contribution in [3.05, 3.63) is 47.3 Å². The third-order valence-electron chi connectivity index (χ3n) is 6.22. The fourth-order valence-corrected chi connectivity index (χ4v) is 5.62. The van der Waals surface area contributed by atoms with Gasteiger partial charge in [0.05, 0.1) is 17.2 Å². The van der Waals surface area contributed by atoms with Gasteiger partial charge in [-0.15, -0.1) is 0 Å². The number of H-pyrrole nitrogens is 1. The first-order valence-electron chi connectivity index (χ1n) is 10.8. The molecule has 33 heavy (non-hydrogen) atoms. The lowest BCUT2D eigenvalue weighted by Gasteiger charge is -2.38. The number of carbonyl (C=O) groups is 2. The number of hydrogen-bond donors (Lipinski definition) is 3. The Morgan fingerprint density at radius 2 is 1.67 bits per heavy atom. The number of nitrogens with one attached hydrogen (secondary N) is 3. The first-order chi connectivity index (χ1) is 15.7. The first-order valence-corrected chi connectivity index (χ1v) is 12.6. The second kappa shape index (κ2) is 9.56. The van der Waals surface area contributed by atoms with Crippen LogP contribution in [0.3, 0.4) is 0 Å². The van der Waals surface area contributed by atoms with E-state index in [1.54, 1.807) is 0 Å². The van der Waals surface area contributed by atoms with Crippen molar-refractivity contribution in [2.24, 2.45) is 0 Å². The largest absolute Gasteiger partial charge is 0.348 e. The fraction of sp³-hybridized carbons (Fsp3) is 0.476. The molecule has 1 aromatic carbocycles. The lowest BCUT2D eigenvalue weighted by Crippen LogP contribution is -2.49. The number of amides is 2. The topological polar surface area (TPSA) is 124 Å². The van der Waals surface area contributed by atoms with Crippen molar-refractivity contribution in [1.29, 1.82) is 0 Å². The van der Waals surface area contributed by atoms with Gasteiger partial charge in [0.2, 0.25) is 0 Å². The van der Waals surface area contributed by atoms with Gasteiger partial charge < -0.3 is 10.6 Å². The molecule has 178 valence electrons. The number of benzene rings is 1. The molecule has 0 spiro atoms. The first kappa shape index (κ1) is 23.3. The summed E-state index contributed by atoms with van der Waals surface area (Å²) in [6.45, 7) is 1.09. The molecule has 2 aliphatic rings. The van der Waals surface area contributed by atoms with Crippen molar-refractivity contribution >= 4 is 27.3 Å². The molecule has 1 aliphatic carbocycles. The molecule has 0 unspecified atom stereocenters. The number of anilines is 1. The van der Waals surface area contributed by atoms with E-state index < -0.39 is 38.8 Å². The second-order valence-corrected chi connectivity index (χ2v) is 10.7. The Labute approximate surface area is 189 Å². The Bertz CT molecular complexity index is 1110. The Kier molecular flexibility index (Phi) is 6.75. The second-order valence-electron chi connectivity index (χ2n) is 8.37. The van der Waals surface area contributed by atoms with Gasteiger partial charge in [0.1, 0.15) is 17.2 Å². The van der Waals surface area contributed by atoms with E-state index in [9.17, 15) is 26.8 Å². The summed E-state index contributed by atoms with van der Waals surface area (Å²) in [4.78, 5) is 27.3. The highest BCUT2D eigenvalue weighted by Crippen LogP contribution is 2.25. The average molecular weight is 482 g/mol. The summed E-state index contributed by atoms with van der Waals surface area (Å²) >= 11 is 0. The minimum atomic E-state index is -2.92. The van der Waals surface area contributed by atoms with Crippen LogP contribution in [0.25, 0.3) is 0 Å². The van der Waals surface area contributed by atoms with Gasteiger partial charge >= 0.3 is 0 Å². The van der Waals surface area contributed by atoms with Crippen LogP contribution in [0, 0.1) is 11.6 Å². The number of aromatic nitrogens is 2. The van der Waals surface area contributed by atoms with Crippen molar-refractivity contribution in [1.82, 2.24) is 20.4 Å². The fourth-order valence-electron chi connectivity index (χ4n) is 4.39. The van der Waals surface area contributed by atoms with E-state index in [1.807, 2.05) is 0 Å². The van der Waals surface area contributed by atoms with Crippen molar-refractivity contribution in [2.45, 2.75) is 37.8 Å². The van der Waals surface area contributed by atoms with Gasteiger partial charge in [-0.05, 0) is 37.8 Å². The number of aromatic amines is 1. The molecule has 1 saturated heterocycles. The predicted octanol–water partition coefficient (Wildman–Crippen LogP) is 1.71. The van der Waals surface area contributed by atoms with Gasteiger partial charge in [0.25, 0.3) is 11.8 Å². The molecular weight excluding hydrogens is 456 g/mol. The number of carbonyl (C=O) groups excluding carboxylic acids is 2. The molecule has 2 aromatic rings. The smallest absolute Gasteiger partial charge is 0.274 e. The van der Waals surface area contributed by atoms with E-state index in [2.05, 4.69) is 25.7 Å². The van der Waals surface area contributed by atoms with E-state index >= 15 is 0 Å². The molecular formula is C21H25F2N5O4S. The maximum Gasteiger partial charge on any atom is 0.274 e. The van der Waals surface area contributed by atoms with Gasteiger partial charge in [0.15, 0.2) is 15.5 Å². The third kappa shape index (κ3) is 5.38. The average Bonchev–Trinajstić information content (AvgIpc) is 3.22. The summed E-state index contributed by atoms with van der Waals surface area (Å²) in [7, 11) is -2.92. The summed E-state index contributed by atoms with van der Waals surface area (Å²) in [6, 6.07) is 3.30. The Morgan fingerprint density at radius 3 is 2.30 bits per heavy atom. The monoisotopic (exact) mass is 481 g/mol. The van der Waals surface area contributed by atoms with Gasteiger partial charge in [-0.1, -0.05) is 6.07 Å². The summed E-state index contributed by atoms with van der Waals surface area (Å²) in [5.74, 6) is -3.17. The highest BCUT2D eigenvalue weighted by molar-refractivity contribution is 7.91. The van der Waals surface area contributed by atoms with Crippen LogP contribution < -0.4 is 10.6 Å².